The van der Waals surface area contributed by atoms with Crippen molar-refractivity contribution >= 4 is 11.5 Å². The van der Waals surface area contributed by atoms with Crippen molar-refractivity contribution < 1.29 is 4.74 Å². The van der Waals surface area contributed by atoms with E-state index in [4.69, 9.17) is 4.74 Å². The average molecular weight is 326 g/mol. The summed E-state index contributed by atoms with van der Waals surface area (Å²) in [5.41, 5.74) is 2.46. The number of methoxy groups -OCH3 is 1. The summed E-state index contributed by atoms with van der Waals surface area (Å²) in [6.45, 7) is 8.12. The van der Waals surface area contributed by atoms with Crippen LogP contribution in [0.25, 0.3) is 0 Å². The molecule has 0 radical (unpaired) electrons. The third kappa shape index (κ3) is 3.97. The third-order valence-corrected chi connectivity index (χ3v) is 4.39. The first-order valence-electron chi connectivity index (χ1n) is 8.59. The minimum absolute atomic E-state index is 0.912. The van der Waals surface area contributed by atoms with Gasteiger partial charge in [-0.25, -0.2) is 4.98 Å². The zero-order valence-corrected chi connectivity index (χ0v) is 14.5. The molecule has 0 saturated carbocycles. The Morgan fingerprint density at radius 3 is 2.50 bits per heavy atom. The summed E-state index contributed by atoms with van der Waals surface area (Å²) in [7, 11) is 1.70. The molecule has 128 valence electrons. The van der Waals surface area contributed by atoms with E-state index >= 15 is 0 Å². The number of pyridine rings is 1. The van der Waals surface area contributed by atoms with Crippen LogP contribution in [0.5, 0.6) is 5.75 Å². The Balaban J connectivity index is 1.57. The second kappa shape index (κ2) is 8.02. The van der Waals surface area contributed by atoms with E-state index in [0.29, 0.717) is 0 Å². The van der Waals surface area contributed by atoms with Crippen LogP contribution >= 0.6 is 0 Å². The van der Waals surface area contributed by atoms with E-state index in [0.717, 1.165) is 56.5 Å². The van der Waals surface area contributed by atoms with Gasteiger partial charge < -0.3 is 15.0 Å². The maximum atomic E-state index is 5.22. The number of nitrogens with zero attached hydrogens (tertiary/aromatic N) is 3. The van der Waals surface area contributed by atoms with Crippen molar-refractivity contribution in [2.24, 2.45) is 0 Å². The molecular weight excluding hydrogens is 300 g/mol. The predicted octanol–water partition coefficient (Wildman–Crippen LogP) is 2.84. The van der Waals surface area contributed by atoms with Crippen molar-refractivity contribution in [3.05, 3.63) is 48.2 Å². The Kier molecular flexibility index (Phi) is 5.54. The van der Waals surface area contributed by atoms with Crippen molar-refractivity contribution in [3.63, 3.8) is 0 Å². The summed E-state index contributed by atoms with van der Waals surface area (Å²) < 4.78 is 5.22. The number of nitrogens with one attached hydrogen (secondary N) is 1. The molecule has 5 nitrogen and oxygen atoms in total. The van der Waals surface area contributed by atoms with Crippen LogP contribution in [-0.2, 0) is 6.54 Å². The first-order chi connectivity index (χ1) is 11.8. The average Bonchev–Trinajstić information content (AvgIpc) is 2.64. The first-order valence-corrected chi connectivity index (χ1v) is 8.59. The highest BCUT2D eigenvalue weighted by atomic mass is 16.5. The molecule has 1 aliphatic heterocycles. The molecule has 2 heterocycles. The van der Waals surface area contributed by atoms with Crippen LogP contribution in [0.3, 0.4) is 0 Å². The number of piperazine rings is 1. The summed E-state index contributed by atoms with van der Waals surface area (Å²) in [6, 6.07) is 12.4. The molecule has 1 aromatic heterocycles. The van der Waals surface area contributed by atoms with Gasteiger partial charge in [0.2, 0.25) is 0 Å². The van der Waals surface area contributed by atoms with Crippen LogP contribution in [-0.4, -0.2) is 49.7 Å². The fourth-order valence-corrected chi connectivity index (χ4v) is 3.08. The fourth-order valence-electron chi connectivity index (χ4n) is 3.08. The summed E-state index contributed by atoms with van der Waals surface area (Å²) >= 11 is 0. The topological polar surface area (TPSA) is 40.6 Å². The molecule has 2 aromatic rings. The standard InChI is InChI=1S/C19H26N4O/c1-3-20-18-5-4-10-21-19(18)23-13-11-22(12-14-23)15-16-6-8-17(24-2)9-7-16/h4-10,20H,3,11-15H2,1-2H3. The van der Waals surface area contributed by atoms with E-state index < -0.39 is 0 Å². The summed E-state index contributed by atoms with van der Waals surface area (Å²) in [5.74, 6) is 1.98. The maximum Gasteiger partial charge on any atom is 0.152 e. The van der Waals surface area contributed by atoms with E-state index in [2.05, 4.69) is 45.2 Å². The molecule has 0 aliphatic carbocycles. The number of ether oxygens (including phenoxy) is 1. The molecule has 0 unspecified atom stereocenters. The minimum atomic E-state index is 0.912. The second-order valence-electron chi connectivity index (χ2n) is 6.02. The van der Waals surface area contributed by atoms with Crippen molar-refractivity contribution in [1.29, 1.82) is 0 Å². The normalized spacial score (nSPS) is 15.3. The molecular formula is C19H26N4O. The number of aromatic nitrogens is 1. The van der Waals surface area contributed by atoms with Gasteiger partial charge in [-0.3, -0.25) is 4.90 Å². The predicted molar refractivity (Wildman–Crippen MR) is 98.9 cm³/mol. The van der Waals surface area contributed by atoms with Gasteiger partial charge in [0.25, 0.3) is 0 Å². The zero-order chi connectivity index (χ0) is 16.8. The van der Waals surface area contributed by atoms with Gasteiger partial charge in [0.15, 0.2) is 5.82 Å². The Hall–Kier alpha value is -2.27. The summed E-state index contributed by atoms with van der Waals surface area (Å²) in [4.78, 5) is 9.45. The van der Waals surface area contributed by atoms with E-state index in [1.165, 1.54) is 5.56 Å². The van der Waals surface area contributed by atoms with E-state index in [1.807, 2.05) is 24.4 Å². The van der Waals surface area contributed by atoms with Gasteiger partial charge in [-0.15, -0.1) is 0 Å². The van der Waals surface area contributed by atoms with Crippen molar-refractivity contribution in [2.45, 2.75) is 13.5 Å². The number of hydrogen-bond donors (Lipinski definition) is 1. The third-order valence-electron chi connectivity index (χ3n) is 4.39. The van der Waals surface area contributed by atoms with Gasteiger partial charge in [-0.2, -0.15) is 0 Å². The molecule has 0 bridgehead atoms. The van der Waals surface area contributed by atoms with Gasteiger partial charge in [0.1, 0.15) is 5.75 Å². The lowest BCUT2D eigenvalue weighted by molar-refractivity contribution is 0.249. The zero-order valence-electron chi connectivity index (χ0n) is 14.5. The van der Waals surface area contributed by atoms with Gasteiger partial charge in [-0.05, 0) is 36.8 Å². The van der Waals surface area contributed by atoms with E-state index in [-0.39, 0.29) is 0 Å². The molecule has 0 amide bonds. The van der Waals surface area contributed by atoms with Crippen molar-refractivity contribution in [1.82, 2.24) is 9.88 Å². The quantitative estimate of drug-likeness (QED) is 0.884. The molecule has 24 heavy (non-hydrogen) atoms. The molecule has 1 aromatic carbocycles. The highest BCUT2D eigenvalue weighted by Gasteiger charge is 2.20. The number of rotatable bonds is 6. The molecule has 1 saturated heterocycles. The minimum Gasteiger partial charge on any atom is -0.497 e. The monoisotopic (exact) mass is 326 g/mol. The van der Waals surface area contributed by atoms with Crippen LogP contribution < -0.4 is 15.0 Å². The number of anilines is 2. The van der Waals surface area contributed by atoms with Crippen LogP contribution in [0.4, 0.5) is 11.5 Å². The maximum absolute atomic E-state index is 5.22. The Labute approximate surface area is 144 Å². The Morgan fingerprint density at radius 2 is 1.83 bits per heavy atom. The second-order valence-corrected chi connectivity index (χ2v) is 6.02. The molecule has 1 fully saturated rings. The van der Waals surface area contributed by atoms with Crippen molar-refractivity contribution in [3.8, 4) is 5.75 Å². The van der Waals surface area contributed by atoms with E-state index in [9.17, 15) is 0 Å². The van der Waals surface area contributed by atoms with Crippen LogP contribution in [0.2, 0.25) is 0 Å². The van der Waals surface area contributed by atoms with Crippen molar-refractivity contribution in [2.75, 3.05) is 50.1 Å². The largest absolute Gasteiger partial charge is 0.497 e. The SMILES string of the molecule is CCNc1cccnc1N1CCN(Cc2ccc(OC)cc2)CC1. The smallest absolute Gasteiger partial charge is 0.152 e. The lowest BCUT2D eigenvalue weighted by Gasteiger charge is -2.36. The van der Waals surface area contributed by atoms with Gasteiger partial charge >= 0.3 is 0 Å². The molecule has 3 rings (SSSR count). The number of hydrogen-bond acceptors (Lipinski definition) is 5. The molecule has 5 heteroatoms. The highest BCUT2D eigenvalue weighted by Crippen LogP contribution is 2.24. The lowest BCUT2D eigenvalue weighted by atomic mass is 10.2. The van der Waals surface area contributed by atoms with Crippen LogP contribution in [0.1, 0.15) is 12.5 Å². The van der Waals surface area contributed by atoms with Gasteiger partial charge in [0, 0.05) is 45.5 Å². The van der Waals surface area contributed by atoms with Crippen LogP contribution in [0, 0.1) is 0 Å². The summed E-state index contributed by atoms with van der Waals surface area (Å²) in [6.07, 6.45) is 1.87. The van der Waals surface area contributed by atoms with Crippen LogP contribution in [0.15, 0.2) is 42.6 Å². The molecule has 1 N–H and O–H groups in total. The molecule has 0 atom stereocenters. The van der Waals surface area contributed by atoms with Gasteiger partial charge in [-0.1, -0.05) is 12.1 Å². The van der Waals surface area contributed by atoms with Gasteiger partial charge in [0.05, 0.1) is 12.8 Å². The summed E-state index contributed by atoms with van der Waals surface area (Å²) in [5, 5.41) is 3.41. The Bertz CT molecular complexity index is 636. The first kappa shape index (κ1) is 16.6. The fraction of sp³-hybridized carbons (Fsp3) is 0.421. The molecule has 0 spiro atoms. The Morgan fingerprint density at radius 1 is 1.08 bits per heavy atom. The lowest BCUT2D eigenvalue weighted by Crippen LogP contribution is -2.46. The van der Waals surface area contributed by atoms with E-state index in [1.54, 1.807) is 7.11 Å². The highest BCUT2D eigenvalue weighted by molar-refractivity contribution is 5.65. The molecule has 1 aliphatic rings. The number of benzene rings is 1.